The van der Waals surface area contributed by atoms with Crippen LogP contribution in [0.1, 0.15) is 31.2 Å². The van der Waals surface area contributed by atoms with Gasteiger partial charge in [0, 0.05) is 18.5 Å². The van der Waals surface area contributed by atoms with E-state index < -0.39 is 0 Å². The largest absolute Gasteiger partial charge is 0.310 e. The molecule has 5 rings (SSSR count). The Labute approximate surface area is 184 Å². The average Bonchev–Trinajstić information content (AvgIpc) is 3.19. The average molecular weight is 434 g/mol. The lowest BCUT2D eigenvalue weighted by atomic mass is 9.85. The molecule has 1 heterocycles. The minimum Gasteiger partial charge on any atom is -0.310 e. The van der Waals surface area contributed by atoms with E-state index in [1.54, 1.807) is 6.07 Å². The summed E-state index contributed by atoms with van der Waals surface area (Å²) < 4.78 is 14.1. The number of rotatable bonds is 5. The van der Waals surface area contributed by atoms with Gasteiger partial charge in [0.1, 0.15) is 5.82 Å². The van der Waals surface area contributed by atoms with Crippen LogP contribution in [0.4, 0.5) is 9.52 Å². The number of hydrogen-bond donors (Lipinski definition) is 2. The van der Waals surface area contributed by atoms with Crippen molar-refractivity contribution in [3.63, 3.8) is 0 Å². The molecule has 1 amide bonds. The minimum absolute atomic E-state index is 0.00228. The Balaban J connectivity index is 1.12. The van der Waals surface area contributed by atoms with Crippen LogP contribution < -0.4 is 10.6 Å². The van der Waals surface area contributed by atoms with E-state index in [4.69, 9.17) is 0 Å². The molecule has 0 aliphatic heterocycles. The first-order chi connectivity index (χ1) is 15.1. The molecule has 3 aromatic carbocycles. The molecular formula is C25H24FN3OS. The summed E-state index contributed by atoms with van der Waals surface area (Å²) in [6, 6.07) is 19.9. The Kier molecular flexibility index (Phi) is 5.66. The molecule has 0 atom stereocenters. The zero-order chi connectivity index (χ0) is 21.2. The van der Waals surface area contributed by atoms with Crippen molar-refractivity contribution < 1.29 is 9.18 Å². The summed E-state index contributed by atoms with van der Waals surface area (Å²) >= 11 is 1.32. The van der Waals surface area contributed by atoms with Gasteiger partial charge in [-0.3, -0.25) is 4.79 Å². The summed E-state index contributed by atoms with van der Waals surface area (Å²) in [6.45, 7) is 0.842. The van der Waals surface area contributed by atoms with Crippen LogP contribution in [-0.4, -0.2) is 16.9 Å². The van der Waals surface area contributed by atoms with E-state index in [1.807, 2.05) is 0 Å². The van der Waals surface area contributed by atoms with Gasteiger partial charge in [0.05, 0.1) is 10.2 Å². The van der Waals surface area contributed by atoms with Crippen LogP contribution in [0.3, 0.4) is 0 Å². The lowest BCUT2D eigenvalue weighted by Crippen LogP contribution is -2.36. The first kappa shape index (κ1) is 20.1. The Morgan fingerprint density at radius 2 is 1.81 bits per heavy atom. The van der Waals surface area contributed by atoms with Gasteiger partial charge < -0.3 is 10.6 Å². The fourth-order valence-corrected chi connectivity index (χ4v) is 5.22. The normalized spacial score (nSPS) is 19.0. The molecule has 1 aliphatic carbocycles. The predicted molar refractivity (Wildman–Crippen MR) is 125 cm³/mol. The molecule has 0 spiro atoms. The van der Waals surface area contributed by atoms with Crippen molar-refractivity contribution in [1.82, 2.24) is 10.3 Å². The van der Waals surface area contributed by atoms with E-state index in [2.05, 4.69) is 58.1 Å². The van der Waals surface area contributed by atoms with Crippen molar-refractivity contribution in [2.45, 2.75) is 38.3 Å². The van der Waals surface area contributed by atoms with Crippen LogP contribution in [0.5, 0.6) is 0 Å². The second-order valence-electron chi connectivity index (χ2n) is 8.23. The lowest BCUT2D eigenvalue weighted by molar-refractivity contribution is -0.120. The maximum absolute atomic E-state index is 13.4. The summed E-state index contributed by atoms with van der Waals surface area (Å²) in [5, 5.41) is 9.66. The van der Waals surface area contributed by atoms with Crippen LogP contribution in [0, 0.1) is 11.7 Å². The van der Waals surface area contributed by atoms with E-state index in [0.717, 1.165) is 36.9 Å². The first-order valence-corrected chi connectivity index (χ1v) is 11.5. The maximum atomic E-state index is 13.4. The molecule has 4 aromatic rings. The van der Waals surface area contributed by atoms with Crippen LogP contribution in [0.25, 0.3) is 21.0 Å². The van der Waals surface area contributed by atoms with Gasteiger partial charge in [-0.15, -0.1) is 0 Å². The Morgan fingerprint density at radius 3 is 2.65 bits per heavy atom. The Bertz CT molecular complexity index is 1230. The standard InChI is InChI=1S/C25H24FN3OS/c26-20-9-12-22-23(14-20)31-25(28-22)29-24(30)18-7-10-21(11-8-18)27-15-16-5-6-17-3-1-2-4-19(17)13-16/h1-6,9,12-14,18,21,27H,7-8,10-11,15H2,(H,28,29,30). The molecule has 0 bridgehead atoms. The van der Waals surface area contributed by atoms with Gasteiger partial charge in [-0.25, -0.2) is 9.37 Å². The van der Waals surface area contributed by atoms with Crippen molar-refractivity contribution in [3.05, 3.63) is 72.0 Å². The molecular weight excluding hydrogens is 409 g/mol. The molecule has 1 aliphatic rings. The number of nitrogens with zero attached hydrogens (tertiary/aromatic N) is 1. The van der Waals surface area contributed by atoms with Crippen molar-refractivity contribution >= 4 is 43.4 Å². The summed E-state index contributed by atoms with van der Waals surface area (Å²) in [6.07, 6.45) is 3.69. The van der Waals surface area contributed by atoms with Crippen LogP contribution in [0.15, 0.2) is 60.7 Å². The maximum Gasteiger partial charge on any atom is 0.229 e. The number of carbonyl (C=O) groups is 1. The monoisotopic (exact) mass is 433 g/mol. The molecule has 0 radical (unpaired) electrons. The third-order valence-corrected chi connectivity index (χ3v) is 7.02. The quantitative estimate of drug-likeness (QED) is 0.413. The summed E-state index contributed by atoms with van der Waals surface area (Å²) in [4.78, 5) is 17.1. The van der Waals surface area contributed by atoms with E-state index in [9.17, 15) is 9.18 Å². The zero-order valence-electron chi connectivity index (χ0n) is 17.1. The first-order valence-electron chi connectivity index (χ1n) is 10.7. The van der Waals surface area contributed by atoms with E-state index in [-0.39, 0.29) is 17.6 Å². The SMILES string of the molecule is O=C(Nc1nc2ccc(F)cc2s1)C1CCC(NCc2ccc3ccccc3c2)CC1. The number of aromatic nitrogens is 1. The molecule has 2 N–H and O–H groups in total. The fraction of sp³-hybridized carbons (Fsp3) is 0.280. The van der Waals surface area contributed by atoms with E-state index in [1.165, 1.54) is 39.8 Å². The molecule has 0 saturated heterocycles. The lowest BCUT2D eigenvalue weighted by Gasteiger charge is -2.28. The number of carbonyl (C=O) groups excluding carboxylic acids is 1. The molecule has 1 saturated carbocycles. The molecule has 4 nitrogen and oxygen atoms in total. The third-order valence-electron chi connectivity index (χ3n) is 6.09. The summed E-state index contributed by atoms with van der Waals surface area (Å²) in [5.41, 5.74) is 1.99. The zero-order valence-corrected chi connectivity index (χ0v) is 17.9. The van der Waals surface area contributed by atoms with Gasteiger partial charge in [-0.05, 0) is 66.3 Å². The highest BCUT2D eigenvalue weighted by Crippen LogP contribution is 2.29. The molecule has 31 heavy (non-hydrogen) atoms. The molecule has 1 aromatic heterocycles. The molecule has 6 heteroatoms. The molecule has 1 fully saturated rings. The van der Waals surface area contributed by atoms with Gasteiger partial charge >= 0.3 is 0 Å². The highest BCUT2D eigenvalue weighted by atomic mass is 32.1. The topological polar surface area (TPSA) is 54.0 Å². The van der Waals surface area contributed by atoms with E-state index >= 15 is 0 Å². The summed E-state index contributed by atoms with van der Waals surface area (Å²) in [7, 11) is 0. The number of fused-ring (bicyclic) bond motifs is 2. The van der Waals surface area contributed by atoms with Crippen molar-refractivity contribution in [1.29, 1.82) is 0 Å². The second kappa shape index (κ2) is 8.73. The number of amides is 1. The van der Waals surface area contributed by atoms with Gasteiger partial charge in [-0.2, -0.15) is 0 Å². The van der Waals surface area contributed by atoms with Crippen molar-refractivity contribution in [3.8, 4) is 0 Å². The fourth-order valence-electron chi connectivity index (χ4n) is 4.33. The van der Waals surface area contributed by atoms with Gasteiger partial charge in [0.25, 0.3) is 0 Å². The van der Waals surface area contributed by atoms with Gasteiger partial charge in [0.15, 0.2) is 5.13 Å². The highest BCUT2D eigenvalue weighted by molar-refractivity contribution is 7.22. The number of anilines is 1. The van der Waals surface area contributed by atoms with Crippen molar-refractivity contribution in [2.24, 2.45) is 5.92 Å². The van der Waals surface area contributed by atoms with Crippen molar-refractivity contribution in [2.75, 3.05) is 5.32 Å². The molecule has 0 unspecified atom stereocenters. The van der Waals surface area contributed by atoms with Crippen LogP contribution >= 0.6 is 11.3 Å². The Morgan fingerprint density at radius 1 is 1.00 bits per heavy atom. The van der Waals surface area contributed by atoms with Crippen LogP contribution in [0.2, 0.25) is 0 Å². The number of benzene rings is 3. The number of hydrogen-bond acceptors (Lipinski definition) is 4. The minimum atomic E-state index is -0.288. The second-order valence-corrected chi connectivity index (χ2v) is 9.26. The van der Waals surface area contributed by atoms with E-state index in [0.29, 0.717) is 16.7 Å². The Hall–Kier alpha value is -2.83. The smallest absolute Gasteiger partial charge is 0.229 e. The summed E-state index contributed by atoms with van der Waals surface area (Å²) in [5.74, 6) is -0.265. The molecule has 158 valence electrons. The predicted octanol–water partition coefficient (Wildman–Crippen LogP) is 5.88. The van der Waals surface area contributed by atoms with Gasteiger partial charge in [0.2, 0.25) is 5.91 Å². The third kappa shape index (κ3) is 4.60. The van der Waals surface area contributed by atoms with Crippen LogP contribution in [-0.2, 0) is 11.3 Å². The number of nitrogens with one attached hydrogen (secondary N) is 2. The number of halogens is 1. The highest BCUT2D eigenvalue weighted by Gasteiger charge is 2.26. The number of thiazole rings is 1. The van der Waals surface area contributed by atoms with Gasteiger partial charge in [-0.1, -0.05) is 47.7 Å².